The molecule has 3 atom stereocenters. The summed E-state index contributed by atoms with van der Waals surface area (Å²) in [4.78, 5) is 13.7. The molecular formula is C13H23NO3. The molecule has 0 radical (unpaired) electrons. The van der Waals surface area contributed by atoms with E-state index < -0.39 is 5.60 Å². The van der Waals surface area contributed by atoms with Crippen LogP contribution in [0.4, 0.5) is 4.79 Å². The maximum Gasteiger partial charge on any atom is 0.410 e. The molecule has 1 heterocycles. The van der Waals surface area contributed by atoms with Crippen LogP contribution in [0.5, 0.6) is 0 Å². The third-order valence-electron chi connectivity index (χ3n) is 4.16. The smallest absolute Gasteiger partial charge is 0.410 e. The van der Waals surface area contributed by atoms with Crippen LogP contribution in [0.2, 0.25) is 0 Å². The third kappa shape index (κ3) is 2.03. The summed E-state index contributed by atoms with van der Waals surface area (Å²) < 4.78 is 5.37. The highest BCUT2D eigenvalue weighted by Gasteiger charge is 2.67. The second-order valence-corrected chi connectivity index (χ2v) is 6.84. The molecule has 0 bridgehead atoms. The van der Waals surface area contributed by atoms with Crippen molar-refractivity contribution in [2.75, 3.05) is 13.2 Å². The predicted molar refractivity (Wildman–Crippen MR) is 64.6 cm³/mol. The Labute approximate surface area is 103 Å². The molecule has 2 rings (SSSR count). The minimum atomic E-state index is -0.473. The number of amides is 1. The fourth-order valence-corrected chi connectivity index (χ4v) is 3.18. The number of likely N-dealkylation sites (tertiary alicyclic amines) is 1. The number of aliphatic hydroxyl groups excluding tert-OH is 1. The van der Waals surface area contributed by atoms with E-state index in [9.17, 15) is 9.90 Å². The van der Waals surface area contributed by atoms with Crippen LogP contribution in [0.25, 0.3) is 0 Å². The lowest BCUT2D eigenvalue weighted by Gasteiger charge is -2.31. The minimum absolute atomic E-state index is 0.0316. The van der Waals surface area contributed by atoms with E-state index in [1.54, 1.807) is 4.90 Å². The van der Waals surface area contributed by atoms with Crippen molar-refractivity contribution in [1.29, 1.82) is 0 Å². The summed E-state index contributed by atoms with van der Waals surface area (Å²) in [5, 5.41) is 9.46. The number of aliphatic hydroxyl groups is 1. The van der Waals surface area contributed by atoms with Gasteiger partial charge in [0, 0.05) is 6.54 Å². The van der Waals surface area contributed by atoms with Crippen LogP contribution in [0, 0.1) is 17.3 Å². The number of carbonyl (C=O) groups is 1. The van der Waals surface area contributed by atoms with Crippen LogP contribution >= 0.6 is 0 Å². The van der Waals surface area contributed by atoms with Gasteiger partial charge in [0.25, 0.3) is 0 Å². The largest absolute Gasteiger partial charge is 0.444 e. The van der Waals surface area contributed by atoms with Gasteiger partial charge in [-0.15, -0.1) is 0 Å². The molecule has 98 valence electrons. The SMILES string of the molecule is CC(C)(C)OC(=O)N1C[C@H]2C([C@H]1CO)C2(C)C. The Morgan fingerprint density at radius 3 is 2.53 bits per heavy atom. The van der Waals surface area contributed by atoms with Gasteiger partial charge in [-0.1, -0.05) is 13.8 Å². The molecule has 0 spiro atoms. The standard InChI is InChI=1S/C13H23NO3/c1-12(2,3)17-11(16)14-6-8-10(9(14)7-15)13(8,4)5/h8-10,15H,6-7H2,1-5H3/t8-,9+,10?/m0/s1. The van der Waals surface area contributed by atoms with Gasteiger partial charge in [-0.25, -0.2) is 4.79 Å². The lowest BCUT2D eigenvalue weighted by atomic mass is 10.0. The molecule has 4 heteroatoms. The molecule has 1 saturated carbocycles. The van der Waals surface area contributed by atoms with E-state index >= 15 is 0 Å². The van der Waals surface area contributed by atoms with Gasteiger partial charge in [-0.3, -0.25) is 0 Å². The van der Waals surface area contributed by atoms with Crippen LogP contribution in [0.3, 0.4) is 0 Å². The van der Waals surface area contributed by atoms with Gasteiger partial charge >= 0.3 is 6.09 Å². The van der Waals surface area contributed by atoms with Crippen LogP contribution in [-0.4, -0.2) is 40.9 Å². The summed E-state index contributed by atoms with van der Waals surface area (Å²) in [6, 6.07) is -0.0650. The summed E-state index contributed by atoms with van der Waals surface area (Å²) in [6.45, 7) is 10.7. The highest BCUT2D eigenvalue weighted by atomic mass is 16.6. The van der Waals surface area contributed by atoms with Crippen LogP contribution in [0.15, 0.2) is 0 Å². The zero-order chi connectivity index (χ0) is 13.0. The predicted octanol–water partition coefficient (Wildman–Crippen LogP) is 1.87. The Hall–Kier alpha value is -0.770. The Morgan fingerprint density at radius 2 is 2.06 bits per heavy atom. The van der Waals surface area contributed by atoms with E-state index in [1.807, 2.05) is 20.8 Å². The van der Waals surface area contributed by atoms with Crippen LogP contribution in [-0.2, 0) is 4.74 Å². The van der Waals surface area contributed by atoms with E-state index in [0.717, 1.165) is 6.54 Å². The van der Waals surface area contributed by atoms with Crippen molar-refractivity contribution in [3.05, 3.63) is 0 Å². The monoisotopic (exact) mass is 241 g/mol. The first-order valence-corrected chi connectivity index (χ1v) is 6.29. The van der Waals surface area contributed by atoms with Gasteiger partial charge in [-0.05, 0) is 38.0 Å². The second-order valence-electron chi connectivity index (χ2n) is 6.84. The lowest BCUT2D eigenvalue weighted by Crippen LogP contribution is -2.45. The summed E-state index contributed by atoms with van der Waals surface area (Å²) >= 11 is 0. The number of carbonyl (C=O) groups excluding carboxylic acids is 1. The molecule has 0 aromatic rings. The van der Waals surface area contributed by atoms with Gasteiger partial charge < -0.3 is 14.7 Å². The fourth-order valence-electron chi connectivity index (χ4n) is 3.18. The molecule has 4 nitrogen and oxygen atoms in total. The average molecular weight is 241 g/mol. The lowest BCUT2D eigenvalue weighted by molar-refractivity contribution is 0.00960. The molecule has 17 heavy (non-hydrogen) atoms. The molecule has 1 aliphatic heterocycles. The van der Waals surface area contributed by atoms with E-state index in [4.69, 9.17) is 4.74 Å². The summed E-state index contributed by atoms with van der Waals surface area (Å²) in [6.07, 6.45) is -0.292. The summed E-state index contributed by atoms with van der Waals surface area (Å²) in [5.74, 6) is 0.951. The number of fused-ring (bicyclic) bond motifs is 1. The first kappa shape index (κ1) is 12.7. The van der Waals surface area contributed by atoms with Crippen LogP contribution in [0.1, 0.15) is 34.6 Å². The molecule has 1 N–H and O–H groups in total. The maximum atomic E-state index is 12.0. The third-order valence-corrected chi connectivity index (χ3v) is 4.16. The van der Waals surface area contributed by atoms with Crippen molar-refractivity contribution in [3.8, 4) is 0 Å². The zero-order valence-electron chi connectivity index (χ0n) is 11.4. The Morgan fingerprint density at radius 1 is 1.47 bits per heavy atom. The van der Waals surface area contributed by atoms with Crippen molar-refractivity contribution in [3.63, 3.8) is 0 Å². The van der Waals surface area contributed by atoms with Crippen LogP contribution < -0.4 is 0 Å². The molecule has 2 fully saturated rings. The first-order chi connectivity index (χ1) is 7.68. The van der Waals surface area contributed by atoms with Crippen molar-refractivity contribution in [2.24, 2.45) is 17.3 Å². The van der Waals surface area contributed by atoms with Gasteiger partial charge in [0.05, 0.1) is 12.6 Å². The van der Waals surface area contributed by atoms with Gasteiger partial charge in [0.15, 0.2) is 0 Å². The Bertz CT molecular complexity index is 332. The van der Waals surface area contributed by atoms with Gasteiger partial charge in [0.2, 0.25) is 0 Å². The second kappa shape index (κ2) is 3.61. The van der Waals surface area contributed by atoms with E-state index in [1.165, 1.54) is 0 Å². The first-order valence-electron chi connectivity index (χ1n) is 6.29. The Balaban J connectivity index is 2.03. The summed E-state index contributed by atoms with van der Waals surface area (Å²) in [7, 11) is 0. The van der Waals surface area contributed by atoms with Crippen molar-refractivity contribution >= 4 is 6.09 Å². The normalized spacial score (nSPS) is 34.5. The summed E-state index contributed by atoms with van der Waals surface area (Å²) in [5.41, 5.74) is -0.203. The average Bonchev–Trinajstić information content (AvgIpc) is 2.59. The highest BCUT2D eigenvalue weighted by molar-refractivity contribution is 5.69. The van der Waals surface area contributed by atoms with Gasteiger partial charge in [-0.2, -0.15) is 0 Å². The topological polar surface area (TPSA) is 49.8 Å². The van der Waals surface area contributed by atoms with E-state index in [0.29, 0.717) is 11.8 Å². The number of piperidine rings is 1. The fraction of sp³-hybridized carbons (Fsp3) is 0.923. The number of rotatable bonds is 1. The van der Waals surface area contributed by atoms with E-state index in [-0.39, 0.29) is 24.2 Å². The molecule has 1 unspecified atom stereocenters. The minimum Gasteiger partial charge on any atom is -0.444 e. The number of hydrogen-bond donors (Lipinski definition) is 1. The molecule has 0 aromatic carbocycles. The molecule has 1 saturated heterocycles. The van der Waals surface area contributed by atoms with Crippen molar-refractivity contribution in [1.82, 2.24) is 4.90 Å². The van der Waals surface area contributed by atoms with Crippen molar-refractivity contribution < 1.29 is 14.6 Å². The number of nitrogens with zero attached hydrogens (tertiary/aromatic N) is 1. The van der Waals surface area contributed by atoms with Crippen molar-refractivity contribution in [2.45, 2.75) is 46.3 Å². The molecule has 1 aliphatic carbocycles. The number of hydrogen-bond acceptors (Lipinski definition) is 3. The van der Waals surface area contributed by atoms with E-state index in [2.05, 4.69) is 13.8 Å². The highest BCUT2D eigenvalue weighted by Crippen LogP contribution is 2.64. The maximum absolute atomic E-state index is 12.0. The quantitative estimate of drug-likeness (QED) is 0.762. The Kier molecular flexibility index (Phi) is 2.69. The zero-order valence-corrected chi connectivity index (χ0v) is 11.4. The van der Waals surface area contributed by atoms with Gasteiger partial charge in [0.1, 0.15) is 5.60 Å². The molecule has 0 aromatic heterocycles. The molecular weight excluding hydrogens is 218 g/mol. The molecule has 1 amide bonds. The molecule has 2 aliphatic rings. The number of ether oxygens (including phenoxy) is 1.